The van der Waals surface area contributed by atoms with Crippen LogP contribution in [0.3, 0.4) is 0 Å². The number of hydrogen-bond donors (Lipinski definition) is 1. The van der Waals surface area contributed by atoms with E-state index in [-0.39, 0.29) is 6.10 Å². The van der Waals surface area contributed by atoms with Gasteiger partial charge in [0, 0.05) is 13.2 Å². The number of nitriles is 1. The van der Waals surface area contributed by atoms with E-state index in [1.807, 2.05) is 6.07 Å². The second kappa shape index (κ2) is 7.58. The molecule has 16 heavy (non-hydrogen) atoms. The smallest absolute Gasteiger partial charge is 0.0900 e. The maximum atomic E-state index is 9.60. The first kappa shape index (κ1) is 13.4. The third-order valence-corrected chi connectivity index (χ3v) is 2.50. The molecule has 2 unspecified atom stereocenters. The van der Waals surface area contributed by atoms with E-state index in [9.17, 15) is 5.11 Å². The van der Waals surface area contributed by atoms with Gasteiger partial charge in [0.2, 0.25) is 0 Å². The maximum absolute atomic E-state index is 9.60. The van der Waals surface area contributed by atoms with E-state index in [1.54, 1.807) is 11.9 Å². The predicted octanol–water partition coefficient (Wildman–Crippen LogP) is -0.00172. The van der Waals surface area contributed by atoms with Crippen molar-refractivity contribution in [1.82, 2.24) is 4.90 Å². The molecule has 0 saturated carbocycles. The molecule has 1 heterocycles. The molecular formula is C11H20N2O3. The van der Waals surface area contributed by atoms with Gasteiger partial charge in [0.1, 0.15) is 0 Å². The van der Waals surface area contributed by atoms with E-state index in [2.05, 4.69) is 0 Å². The standard InChI is InChI=1S/C11H20N2O3/c1-13(5-4-12)7-10(14)8-15-9-11-3-2-6-16-11/h10-11,14H,2-3,5-9H2,1H3. The summed E-state index contributed by atoms with van der Waals surface area (Å²) in [4.78, 5) is 1.76. The van der Waals surface area contributed by atoms with Crippen molar-refractivity contribution in [3.8, 4) is 6.07 Å². The third kappa shape index (κ3) is 5.42. The van der Waals surface area contributed by atoms with Crippen molar-refractivity contribution in [2.24, 2.45) is 0 Å². The SMILES string of the molecule is CN(CC#N)CC(O)COCC1CCCO1. The number of rotatable bonds is 7. The molecule has 1 aliphatic heterocycles. The molecule has 0 aromatic rings. The topological polar surface area (TPSA) is 65.7 Å². The van der Waals surface area contributed by atoms with E-state index in [0.29, 0.717) is 26.3 Å². The minimum absolute atomic E-state index is 0.198. The summed E-state index contributed by atoms with van der Waals surface area (Å²) < 4.78 is 10.8. The molecule has 5 nitrogen and oxygen atoms in total. The van der Waals surface area contributed by atoms with Gasteiger partial charge in [0.25, 0.3) is 0 Å². The molecular weight excluding hydrogens is 208 g/mol. The monoisotopic (exact) mass is 228 g/mol. The Morgan fingerprint density at radius 3 is 3.12 bits per heavy atom. The molecule has 1 N–H and O–H groups in total. The van der Waals surface area contributed by atoms with E-state index in [4.69, 9.17) is 14.7 Å². The summed E-state index contributed by atoms with van der Waals surface area (Å²) in [6.07, 6.45) is 1.80. The van der Waals surface area contributed by atoms with Crippen LogP contribution in [-0.2, 0) is 9.47 Å². The zero-order valence-electron chi connectivity index (χ0n) is 9.76. The molecule has 0 amide bonds. The molecule has 0 spiro atoms. The largest absolute Gasteiger partial charge is 0.389 e. The molecule has 1 aliphatic rings. The Morgan fingerprint density at radius 1 is 1.69 bits per heavy atom. The van der Waals surface area contributed by atoms with Crippen LogP contribution in [0.2, 0.25) is 0 Å². The third-order valence-electron chi connectivity index (χ3n) is 2.50. The number of hydrogen-bond acceptors (Lipinski definition) is 5. The number of aliphatic hydroxyl groups is 1. The first-order chi connectivity index (χ1) is 7.72. The number of likely N-dealkylation sites (N-methyl/N-ethyl adjacent to an activating group) is 1. The quantitative estimate of drug-likeness (QED) is 0.621. The first-order valence-electron chi connectivity index (χ1n) is 5.65. The van der Waals surface area contributed by atoms with Crippen molar-refractivity contribution in [3.63, 3.8) is 0 Å². The van der Waals surface area contributed by atoms with Crippen molar-refractivity contribution in [3.05, 3.63) is 0 Å². The fraction of sp³-hybridized carbons (Fsp3) is 0.909. The summed E-state index contributed by atoms with van der Waals surface area (Å²) in [6, 6.07) is 2.03. The summed E-state index contributed by atoms with van der Waals surface area (Å²) in [5.74, 6) is 0. The van der Waals surface area contributed by atoms with Gasteiger partial charge in [-0.05, 0) is 19.9 Å². The van der Waals surface area contributed by atoms with Crippen molar-refractivity contribution >= 4 is 0 Å². The van der Waals surface area contributed by atoms with Crippen molar-refractivity contribution in [1.29, 1.82) is 5.26 Å². The van der Waals surface area contributed by atoms with Gasteiger partial charge >= 0.3 is 0 Å². The minimum atomic E-state index is -0.542. The lowest BCUT2D eigenvalue weighted by Gasteiger charge is -2.18. The average Bonchev–Trinajstić information content (AvgIpc) is 2.70. The second-order valence-corrected chi connectivity index (χ2v) is 4.18. The van der Waals surface area contributed by atoms with Gasteiger partial charge in [-0.3, -0.25) is 4.90 Å². The van der Waals surface area contributed by atoms with Crippen molar-refractivity contribution in [2.75, 3.05) is 40.0 Å². The minimum Gasteiger partial charge on any atom is -0.389 e. The van der Waals surface area contributed by atoms with Crippen LogP contribution in [0.4, 0.5) is 0 Å². The highest BCUT2D eigenvalue weighted by molar-refractivity contribution is 4.75. The van der Waals surface area contributed by atoms with E-state index < -0.39 is 6.10 Å². The van der Waals surface area contributed by atoms with Crippen LogP contribution >= 0.6 is 0 Å². The highest BCUT2D eigenvalue weighted by Gasteiger charge is 2.16. The van der Waals surface area contributed by atoms with Crippen molar-refractivity contribution < 1.29 is 14.6 Å². The Kier molecular flexibility index (Phi) is 6.34. The highest BCUT2D eigenvalue weighted by atomic mass is 16.5. The van der Waals surface area contributed by atoms with Crippen LogP contribution in [0.15, 0.2) is 0 Å². The average molecular weight is 228 g/mol. The fourth-order valence-corrected chi connectivity index (χ4v) is 1.71. The van der Waals surface area contributed by atoms with Crippen LogP contribution in [0.1, 0.15) is 12.8 Å². The number of aliphatic hydroxyl groups excluding tert-OH is 1. The van der Waals surface area contributed by atoms with Gasteiger partial charge in [-0.25, -0.2) is 0 Å². The lowest BCUT2D eigenvalue weighted by atomic mass is 10.2. The molecule has 0 bridgehead atoms. The van der Waals surface area contributed by atoms with Gasteiger partial charge in [0.05, 0.1) is 38.0 Å². The molecule has 0 aromatic heterocycles. The Balaban J connectivity index is 2.01. The first-order valence-corrected chi connectivity index (χ1v) is 5.65. The van der Waals surface area contributed by atoms with Crippen LogP contribution in [0, 0.1) is 11.3 Å². The van der Waals surface area contributed by atoms with E-state index >= 15 is 0 Å². The van der Waals surface area contributed by atoms with Crippen LogP contribution in [-0.4, -0.2) is 62.2 Å². The summed E-state index contributed by atoms with van der Waals surface area (Å²) in [5.41, 5.74) is 0. The number of ether oxygens (including phenoxy) is 2. The molecule has 0 radical (unpaired) electrons. The second-order valence-electron chi connectivity index (χ2n) is 4.18. The Hall–Kier alpha value is -0.670. The van der Waals surface area contributed by atoms with Gasteiger partial charge in [-0.1, -0.05) is 0 Å². The predicted molar refractivity (Wildman–Crippen MR) is 58.9 cm³/mol. The highest BCUT2D eigenvalue weighted by Crippen LogP contribution is 2.11. The van der Waals surface area contributed by atoms with E-state index in [1.165, 1.54) is 0 Å². The van der Waals surface area contributed by atoms with Gasteiger partial charge in [0.15, 0.2) is 0 Å². The molecule has 0 aromatic carbocycles. The maximum Gasteiger partial charge on any atom is 0.0900 e. The lowest BCUT2D eigenvalue weighted by Crippen LogP contribution is -2.33. The molecule has 0 aliphatic carbocycles. The van der Waals surface area contributed by atoms with Crippen LogP contribution in [0.5, 0.6) is 0 Å². The van der Waals surface area contributed by atoms with E-state index in [0.717, 1.165) is 19.4 Å². The normalized spacial score (nSPS) is 22.2. The van der Waals surface area contributed by atoms with Gasteiger partial charge in [-0.15, -0.1) is 0 Å². The Labute approximate surface area is 96.6 Å². The fourth-order valence-electron chi connectivity index (χ4n) is 1.71. The summed E-state index contributed by atoms with van der Waals surface area (Å²) in [5, 5.41) is 18.1. The van der Waals surface area contributed by atoms with Gasteiger partial charge < -0.3 is 14.6 Å². The molecule has 92 valence electrons. The molecule has 1 fully saturated rings. The summed E-state index contributed by atoms with van der Waals surface area (Å²) >= 11 is 0. The molecule has 2 atom stereocenters. The molecule has 1 saturated heterocycles. The Morgan fingerprint density at radius 2 is 2.50 bits per heavy atom. The summed E-state index contributed by atoms with van der Waals surface area (Å²) in [7, 11) is 1.80. The lowest BCUT2D eigenvalue weighted by molar-refractivity contribution is -0.0226. The van der Waals surface area contributed by atoms with Gasteiger partial charge in [-0.2, -0.15) is 5.26 Å². The zero-order chi connectivity index (χ0) is 11.8. The molecule has 5 heteroatoms. The van der Waals surface area contributed by atoms with Crippen LogP contribution in [0.25, 0.3) is 0 Å². The zero-order valence-corrected chi connectivity index (χ0v) is 9.76. The molecule has 1 rings (SSSR count). The van der Waals surface area contributed by atoms with Crippen molar-refractivity contribution in [2.45, 2.75) is 25.0 Å². The summed E-state index contributed by atoms with van der Waals surface area (Å²) in [6.45, 7) is 2.46. The number of nitrogens with zero attached hydrogens (tertiary/aromatic N) is 2. The van der Waals surface area contributed by atoms with Crippen LogP contribution < -0.4 is 0 Å². The Bertz CT molecular complexity index is 224.